The number of amides is 1. The van der Waals surface area contributed by atoms with E-state index in [0.717, 1.165) is 6.42 Å². The largest absolute Gasteiger partial charge is 0.507 e. The summed E-state index contributed by atoms with van der Waals surface area (Å²) in [6, 6.07) is 13.1. The molecule has 0 bridgehead atoms. The van der Waals surface area contributed by atoms with Crippen LogP contribution < -0.4 is 9.30 Å². The van der Waals surface area contributed by atoms with Crippen molar-refractivity contribution in [1.29, 1.82) is 0 Å². The summed E-state index contributed by atoms with van der Waals surface area (Å²) in [5.41, 5.74) is 1.23. The normalized spacial score (nSPS) is 17.4. The zero-order valence-corrected chi connectivity index (χ0v) is 19.7. The van der Waals surface area contributed by atoms with Crippen LogP contribution in [0.25, 0.3) is 5.76 Å². The number of rotatable bonds is 9. The summed E-state index contributed by atoms with van der Waals surface area (Å²) >= 11 is 6.07. The highest BCUT2D eigenvalue weighted by atomic mass is 35.5. The molecule has 2 heterocycles. The van der Waals surface area contributed by atoms with Gasteiger partial charge in [-0.2, -0.15) is 0 Å². The second-order valence-electron chi connectivity index (χ2n) is 8.12. The number of aliphatic hydroxyl groups excluding tert-OH is 1. The Hall–Kier alpha value is -3.58. The lowest BCUT2D eigenvalue weighted by molar-refractivity contribution is -0.695. The quantitative estimate of drug-likeness (QED) is 0.207. The Labute approximate surface area is 203 Å². The van der Waals surface area contributed by atoms with E-state index in [1.54, 1.807) is 48.5 Å². The van der Waals surface area contributed by atoms with Gasteiger partial charge in [0.05, 0.1) is 24.8 Å². The number of hydrogen-bond acceptors (Lipinski definition) is 4. The van der Waals surface area contributed by atoms with Crippen LogP contribution in [0.15, 0.2) is 72.8 Å². The fraction of sp³-hybridized carbons (Fsp3) is 0.269. The number of Topliss-reactive ketones (excluding diaryl/α,β-unsaturated/α-hetero) is 1. The first-order valence-electron chi connectivity index (χ1n) is 11.3. The molecule has 1 fully saturated rings. The molecule has 2 N–H and O–H groups in total. The second kappa shape index (κ2) is 10.6. The molecular formula is C26H27ClN3O4+. The molecule has 1 saturated heterocycles. The number of aromatic nitrogens is 2. The topological polar surface area (TPSA) is 86.5 Å². The molecule has 2 aromatic carbocycles. The van der Waals surface area contributed by atoms with E-state index in [4.69, 9.17) is 16.3 Å². The van der Waals surface area contributed by atoms with Gasteiger partial charge in [-0.3, -0.25) is 14.6 Å². The van der Waals surface area contributed by atoms with Crippen LogP contribution in [-0.4, -0.2) is 39.8 Å². The number of imidazole rings is 1. The highest BCUT2D eigenvalue weighted by molar-refractivity contribution is 6.46. The molecule has 3 aromatic rings. The minimum absolute atomic E-state index is 0.0730. The van der Waals surface area contributed by atoms with Gasteiger partial charge >= 0.3 is 0 Å². The molecule has 1 aliphatic rings. The zero-order chi connectivity index (χ0) is 24.1. The summed E-state index contributed by atoms with van der Waals surface area (Å²) in [6.45, 7) is 3.65. The van der Waals surface area contributed by atoms with E-state index in [-0.39, 0.29) is 11.3 Å². The van der Waals surface area contributed by atoms with E-state index >= 15 is 0 Å². The van der Waals surface area contributed by atoms with Crippen LogP contribution >= 0.6 is 11.6 Å². The van der Waals surface area contributed by atoms with Gasteiger partial charge in [0.2, 0.25) is 6.33 Å². The molecule has 1 aliphatic heterocycles. The molecule has 0 spiro atoms. The number of carbonyl (C=O) groups excluding carboxylic acids is 2. The fourth-order valence-corrected chi connectivity index (χ4v) is 4.20. The first kappa shape index (κ1) is 23.6. The van der Waals surface area contributed by atoms with Crippen molar-refractivity contribution in [3.8, 4) is 5.75 Å². The van der Waals surface area contributed by atoms with Crippen molar-refractivity contribution in [2.24, 2.45) is 0 Å². The van der Waals surface area contributed by atoms with E-state index in [0.29, 0.717) is 48.0 Å². The van der Waals surface area contributed by atoms with Crippen molar-refractivity contribution >= 4 is 29.1 Å². The third kappa shape index (κ3) is 4.99. The van der Waals surface area contributed by atoms with Crippen molar-refractivity contribution in [1.82, 2.24) is 9.88 Å². The van der Waals surface area contributed by atoms with Gasteiger partial charge in [0.15, 0.2) is 0 Å². The van der Waals surface area contributed by atoms with E-state index in [9.17, 15) is 14.7 Å². The van der Waals surface area contributed by atoms with Gasteiger partial charge in [0.25, 0.3) is 11.7 Å². The fourth-order valence-electron chi connectivity index (χ4n) is 4.07. The molecule has 176 valence electrons. The Balaban J connectivity index is 1.67. The lowest BCUT2D eigenvalue weighted by Crippen LogP contribution is -2.36. The van der Waals surface area contributed by atoms with Crippen molar-refractivity contribution in [3.63, 3.8) is 0 Å². The molecular weight excluding hydrogens is 454 g/mol. The van der Waals surface area contributed by atoms with Crippen LogP contribution in [0.2, 0.25) is 5.02 Å². The van der Waals surface area contributed by atoms with Crippen molar-refractivity contribution in [2.75, 3.05) is 13.2 Å². The van der Waals surface area contributed by atoms with Gasteiger partial charge in [-0.05, 0) is 48.4 Å². The highest BCUT2D eigenvalue weighted by Gasteiger charge is 2.45. The molecule has 7 nitrogen and oxygen atoms in total. The molecule has 8 heteroatoms. The van der Waals surface area contributed by atoms with Crippen LogP contribution in [-0.2, 0) is 16.1 Å². The molecule has 34 heavy (non-hydrogen) atoms. The van der Waals surface area contributed by atoms with Crippen LogP contribution in [0.4, 0.5) is 0 Å². The number of benzene rings is 2. The predicted molar refractivity (Wildman–Crippen MR) is 128 cm³/mol. The number of ketones is 1. The van der Waals surface area contributed by atoms with Crippen molar-refractivity contribution < 1.29 is 24.0 Å². The first-order valence-corrected chi connectivity index (χ1v) is 11.7. The Morgan fingerprint density at radius 2 is 1.88 bits per heavy atom. The maximum Gasteiger partial charge on any atom is 0.295 e. The Morgan fingerprint density at radius 1 is 1.15 bits per heavy atom. The molecule has 1 aromatic heterocycles. The number of H-pyrrole nitrogens is 1. The number of aromatic amines is 1. The summed E-state index contributed by atoms with van der Waals surface area (Å²) in [7, 11) is 0. The molecule has 1 atom stereocenters. The summed E-state index contributed by atoms with van der Waals surface area (Å²) < 4.78 is 7.57. The minimum atomic E-state index is -0.704. The third-order valence-electron chi connectivity index (χ3n) is 5.74. The highest BCUT2D eigenvalue weighted by Crippen LogP contribution is 2.39. The van der Waals surface area contributed by atoms with Gasteiger partial charge in [-0.15, -0.1) is 0 Å². The van der Waals surface area contributed by atoms with Gasteiger partial charge in [-0.1, -0.05) is 30.7 Å². The summed E-state index contributed by atoms with van der Waals surface area (Å²) in [5, 5.41) is 11.7. The molecule has 0 aliphatic carbocycles. The molecule has 4 rings (SSSR count). The van der Waals surface area contributed by atoms with Gasteiger partial charge < -0.3 is 14.7 Å². The number of carbonyl (C=O) groups is 2. The summed E-state index contributed by atoms with van der Waals surface area (Å²) in [5.74, 6) is -0.847. The van der Waals surface area contributed by atoms with Crippen LogP contribution in [0.1, 0.15) is 36.9 Å². The number of hydrogen-bond donors (Lipinski definition) is 2. The number of nitrogens with one attached hydrogen (secondary N) is 1. The van der Waals surface area contributed by atoms with Crippen molar-refractivity contribution in [3.05, 3.63) is 89.0 Å². The molecule has 0 saturated carbocycles. The summed E-state index contributed by atoms with van der Waals surface area (Å²) in [4.78, 5) is 30.7. The number of halogens is 1. The smallest absolute Gasteiger partial charge is 0.295 e. The standard InChI is InChI=1S/C26H26ClN3O4/c1-2-16-34-21-10-6-19(7-11-21)24(31)22-23(18-4-8-20(27)9-5-18)30(26(33)25(22)32)14-3-13-29-15-12-28-17-29/h4-12,15,17,23H,2-3,13-14,16H2,1H3,(H,31,32)/p+1. The molecule has 1 unspecified atom stereocenters. The molecule has 0 radical (unpaired) electrons. The first-order chi connectivity index (χ1) is 16.5. The third-order valence-corrected chi connectivity index (χ3v) is 6.00. The van der Waals surface area contributed by atoms with E-state index in [1.165, 1.54) is 4.90 Å². The van der Waals surface area contributed by atoms with Crippen LogP contribution in [0.5, 0.6) is 5.75 Å². The Bertz CT molecular complexity index is 1170. The maximum atomic E-state index is 13.1. The minimum Gasteiger partial charge on any atom is -0.507 e. The average molecular weight is 481 g/mol. The number of aliphatic hydroxyl groups is 1. The van der Waals surface area contributed by atoms with Gasteiger partial charge in [0.1, 0.15) is 23.9 Å². The lowest BCUT2D eigenvalue weighted by Gasteiger charge is -2.25. The van der Waals surface area contributed by atoms with Crippen molar-refractivity contribution in [2.45, 2.75) is 32.4 Å². The number of nitrogens with zero attached hydrogens (tertiary/aromatic N) is 2. The second-order valence-corrected chi connectivity index (χ2v) is 8.56. The van der Waals surface area contributed by atoms with Crippen LogP contribution in [0, 0.1) is 0 Å². The average Bonchev–Trinajstić information content (AvgIpc) is 3.45. The number of aryl methyl sites for hydroxylation is 1. The number of ether oxygens (including phenoxy) is 1. The van der Waals surface area contributed by atoms with Gasteiger partial charge in [0, 0.05) is 23.6 Å². The number of likely N-dealkylation sites (tertiary alicyclic amines) is 1. The van der Waals surface area contributed by atoms with E-state index in [1.807, 2.05) is 30.2 Å². The lowest BCUT2D eigenvalue weighted by atomic mass is 9.95. The summed E-state index contributed by atoms with van der Waals surface area (Å²) in [6.07, 6.45) is 7.08. The van der Waals surface area contributed by atoms with E-state index in [2.05, 4.69) is 4.98 Å². The zero-order valence-electron chi connectivity index (χ0n) is 18.9. The Morgan fingerprint density at radius 3 is 2.53 bits per heavy atom. The van der Waals surface area contributed by atoms with Crippen LogP contribution in [0.3, 0.4) is 0 Å². The monoisotopic (exact) mass is 480 g/mol. The Kier molecular flexibility index (Phi) is 7.33. The SMILES string of the molecule is CCCOc1ccc(/C(O)=C2\C(=O)C(=O)N(CCC[n+]3cc[nH]c3)C2c2ccc(Cl)cc2)cc1. The maximum absolute atomic E-state index is 13.1. The molecule has 1 amide bonds. The van der Waals surface area contributed by atoms with E-state index < -0.39 is 17.7 Å². The van der Waals surface area contributed by atoms with Gasteiger partial charge in [-0.25, -0.2) is 4.57 Å². The predicted octanol–water partition coefficient (Wildman–Crippen LogP) is 4.26.